The number of rotatable bonds is 5. The zero-order chi connectivity index (χ0) is 18.8. The van der Waals surface area contributed by atoms with Gasteiger partial charge in [0.05, 0.1) is 19.8 Å². The van der Waals surface area contributed by atoms with Gasteiger partial charge in [-0.05, 0) is 63.7 Å². The Morgan fingerprint density at radius 1 is 1.04 bits per heavy atom. The third kappa shape index (κ3) is 3.83. The molecule has 1 aliphatic heterocycles. The lowest BCUT2D eigenvalue weighted by molar-refractivity contribution is 0.245. The molecule has 4 rings (SSSR count). The lowest BCUT2D eigenvalue weighted by Crippen LogP contribution is -2.30. The Labute approximate surface area is 160 Å². The van der Waals surface area contributed by atoms with Crippen LogP contribution in [-0.4, -0.2) is 30.3 Å². The molecule has 3 aromatic rings. The van der Waals surface area contributed by atoms with Crippen molar-refractivity contribution in [3.05, 3.63) is 76.9 Å². The average Bonchev–Trinajstić information content (AvgIpc) is 2.72. The van der Waals surface area contributed by atoms with Crippen LogP contribution in [0.5, 0.6) is 5.75 Å². The number of aliphatic hydroxyl groups excluding tert-OH is 1. The Hall–Kier alpha value is -2.40. The molecule has 1 heterocycles. The van der Waals surface area contributed by atoms with Crippen molar-refractivity contribution in [2.75, 3.05) is 20.3 Å². The lowest BCUT2D eigenvalue weighted by atomic mass is 9.98. The van der Waals surface area contributed by atoms with Gasteiger partial charge in [0.1, 0.15) is 5.75 Å². The minimum Gasteiger partial charge on any atom is -0.497 e. The second kappa shape index (κ2) is 7.69. The first-order valence-corrected chi connectivity index (χ1v) is 9.43. The van der Waals surface area contributed by atoms with Gasteiger partial charge in [0.2, 0.25) is 0 Å². The molecular formula is C23H26N2O2. The smallest absolute Gasteiger partial charge is 0.119 e. The first kappa shape index (κ1) is 18.0. The van der Waals surface area contributed by atoms with E-state index in [9.17, 15) is 5.11 Å². The molecule has 0 saturated carbocycles. The van der Waals surface area contributed by atoms with Crippen LogP contribution >= 0.6 is 0 Å². The molecule has 0 fully saturated rings. The number of hydrogen-bond acceptors (Lipinski definition) is 4. The summed E-state index contributed by atoms with van der Waals surface area (Å²) in [6.45, 7) is 2.94. The topological polar surface area (TPSA) is 58.7 Å². The van der Waals surface area contributed by atoms with Gasteiger partial charge in [-0.15, -0.1) is 0 Å². The summed E-state index contributed by atoms with van der Waals surface area (Å²) in [7, 11) is 1.72. The fourth-order valence-corrected chi connectivity index (χ4v) is 3.86. The van der Waals surface area contributed by atoms with E-state index in [1.165, 1.54) is 22.1 Å². The maximum absolute atomic E-state index is 9.25. The monoisotopic (exact) mass is 362 g/mol. The van der Waals surface area contributed by atoms with Crippen LogP contribution < -0.4 is 10.5 Å². The second-order valence-corrected chi connectivity index (χ2v) is 7.33. The Kier molecular flexibility index (Phi) is 5.12. The van der Waals surface area contributed by atoms with Gasteiger partial charge < -0.3 is 15.6 Å². The molecule has 3 aromatic carbocycles. The summed E-state index contributed by atoms with van der Waals surface area (Å²) in [5.41, 5.74) is 11.0. The third-order valence-electron chi connectivity index (χ3n) is 5.46. The van der Waals surface area contributed by atoms with E-state index in [4.69, 9.17) is 10.5 Å². The van der Waals surface area contributed by atoms with Gasteiger partial charge >= 0.3 is 0 Å². The molecule has 0 aromatic heterocycles. The van der Waals surface area contributed by atoms with Crippen molar-refractivity contribution in [3.63, 3.8) is 0 Å². The van der Waals surface area contributed by atoms with Gasteiger partial charge in [-0.1, -0.05) is 30.3 Å². The summed E-state index contributed by atoms with van der Waals surface area (Å²) in [5.74, 6) is 0.942. The summed E-state index contributed by atoms with van der Waals surface area (Å²) in [5, 5.41) is 11.6. The van der Waals surface area contributed by atoms with E-state index in [-0.39, 0.29) is 12.6 Å². The zero-order valence-electron chi connectivity index (χ0n) is 15.7. The van der Waals surface area contributed by atoms with E-state index in [2.05, 4.69) is 47.4 Å². The van der Waals surface area contributed by atoms with Gasteiger partial charge in [0.25, 0.3) is 0 Å². The van der Waals surface area contributed by atoms with Gasteiger partial charge in [-0.2, -0.15) is 0 Å². The molecule has 0 aliphatic carbocycles. The Balaban J connectivity index is 1.50. The lowest BCUT2D eigenvalue weighted by Gasteiger charge is -2.29. The SMILES string of the molecule is COc1ccc2c(c1)CCN(Cc1ccc3cc(C(N)CO)ccc3c1)C2. The Bertz CT molecular complexity index is 954. The molecule has 0 bridgehead atoms. The van der Waals surface area contributed by atoms with Crippen LogP contribution in [0.1, 0.15) is 28.3 Å². The van der Waals surface area contributed by atoms with E-state index < -0.39 is 0 Å². The highest BCUT2D eigenvalue weighted by atomic mass is 16.5. The van der Waals surface area contributed by atoms with Crippen LogP contribution in [0.2, 0.25) is 0 Å². The number of nitrogens with two attached hydrogens (primary N) is 1. The predicted molar refractivity (Wildman–Crippen MR) is 109 cm³/mol. The molecule has 1 atom stereocenters. The van der Waals surface area contributed by atoms with Crippen molar-refractivity contribution in [2.24, 2.45) is 5.73 Å². The summed E-state index contributed by atoms with van der Waals surface area (Å²) >= 11 is 0. The highest BCUT2D eigenvalue weighted by Gasteiger charge is 2.17. The highest BCUT2D eigenvalue weighted by Crippen LogP contribution is 2.26. The molecule has 4 nitrogen and oxygen atoms in total. The minimum absolute atomic E-state index is 0.0358. The van der Waals surface area contributed by atoms with Gasteiger partial charge in [-0.25, -0.2) is 0 Å². The van der Waals surface area contributed by atoms with E-state index in [1.807, 2.05) is 12.1 Å². The molecule has 3 N–H and O–H groups in total. The maximum Gasteiger partial charge on any atom is 0.119 e. The summed E-state index contributed by atoms with van der Waals surface area (Å²) in [6.07, 6.45) is 1.06. The van der Waals surface area contributed by atoms with Crippen molar-refractivity contribution in [1.29, 1.82) is 0 Å². The molecule has 0 spiro atoms. The summed E-state index contributed by atoms with van der Waals surface area (Å²) < 4.78 is 5.34. The van der Waals surface area contributed by atoms with Crippen molar-refractivity contribution in [2.45, 2.75) is 25.6 Å². The van der Waals surface area contributed by atoms with Crippen molar-refractivity contribution in [3.8, 4) is 5.75 Å². The number of hydrogen-bond donors (Lipinski definition) is 2. The average molecular weight is 362 g/mol. The normalized spacial score (nSPS) is 15.5. The van der Waals surface area contributed by atoms with Crippen LogP contribution in [-0.2, 0) is 19.5 Å². The van der Waals surface area contributed by atoms with Gasteiger partial charge in [0, 0.05) is 19.6 Å². The Morgan fingerprint density at radius 3 is 2.67 bits per heavy atom. The largest absolute Gasteiger partial charge is 0.497 e. The fraction of sp³-hybridized carbons (Fsp3) is 0.304. The summed E-state index contributed by atoms with van der Waals surface area (Å²) in [6, 6.07) is 18.9. The van der Waals surface area contributed by atoms with E-state index >= 15 is 0 Å². The molecule has 4 heteroatoms. The first-order chi connectivity index (χ1) is 13.2. The molecular weight excluding hydrogens is 336 g/mol. The first-order valence-electron chi connectivity index (χ1n) is 9.43. The van der Waals surface area contributed by atoms with Crippen LogP contribution in [0.25, 0.3) is 10.8 Å². The van der Waals surface area contributed by atoms with Crippen LogP contribution in [0.3, 0.4) is 0 Å². The second-order valence-electron chi connectivity index (χ2n) is 7.33. The van der Waals surface area contributed by atoms with E-state index in [0.29, 0.717) is 0 Å². The minimum atomic E-state index is -0.318. The molecule has 27 heavy (non-hydrogen) atoms. The van der Waals surface area contributed by atoms with Crippen LogP contribution in [0.4, 0.5) is 0 Å². The number of benzene rings is 3. The number of methoxy groups -OCH3 is 1. The Morgan fingerprint density at radius 2 is 1.85 bits per heavy atom. The molecule has 1 aliphatic rings. The number of aliphatic hydroxyl groups is 1. The standard InChI is InChI=1S/C23H26N2O2/c1-27-22-7-6-21-14-25(9-8-19(21)12-22)13-16-2-3-18-11-20(23(24)15-26)5-4-17(18)10-16/h2-7,10-12,23,26H,8-9,13-15,24H2,1H3. The van der Waals surface area contributed by atoms with E-state index in [1.54, 1.807) is 7.11 Å². The molecule has 0 amide bonds. The number of nitrogens with zero attached hydrogens (tertiary/aromatic N) is 1. The zero-order valence-corrected chi connectivity index (χ0v) is 15.7. The van der Waals surface area contributed by atoms with Gasteiger partial charge in [-0.3, -0.25) is 4.90 Å². The fourth-order valence-electron chi connectivity index (χ4n) is 3.86. The van der Waals surface area contributed by atoms with Crippen LogP contribution in [0, 0.1) is 0 Å². The van der Waals surface area contributed by atoms with Crippen LogP contribution in [0.15, 0.2) is 54.6 Å². The van der Waals surface area contributed by atoms with Crippen molar-refractivity contribution in [1.82, 2.24) is 4.90 Å². The predicted octanol–water partition coefficient (Wildman–Crippen LogP) is 3.40. The highest BCUT2D eigenvalue weighted by molar-refractivity contribution is 5.84. The molecule has 1 unspecified atom stereocenters. The van der Waals surface area contributed by atoms with E-state index in [0.717, 1.165) is 42.8 Å². The van der Waals surface area contributed by atoms with Crippen molar-refractivity contribution < 1.29 is 9.84 Å². The maximum atomic E-state index is 9.25. The van der Waals surface area contributed by atoms with Gasteiger partial charge in [0.15, 0.2) is 0 Å². The summed E-state index contributed by atoms with van der Waals surface area (Å²) in [4.78, 5) is 2.49. The quantitative estimate of drug-likeness (QED) is 0.730. The number of ether oxygens (including phenoxy) is 1. The third-order valence-corrected chi connectivity index (χ3v) is 5.46. The molecule has 0 radical (unpaired) electrons. The van der Waals surface area contributed by atoms with Crippen molar-refractivity contribution >= 4 is 10.8 Å². The molecule has 0 saturated heterocycles. The number of fused-ring (bicyclic) bond motifs is 2. The molecule has 140 valence electrons.